The van der Waals surface area contributed by atoms with Crippen molar-refractivity contribution < 1.29 is 19.1 Å². The fourth-order valence-electron chi connectivity index (χ4n) is 3.25. The summed E-state index contributed by atoms with van der Waals surface area (Å²) in [5.74, 6) is -0.154. The number of ether oxygens (including phenoxy) is 1. The summed E-state index contributed by atoms with van der Waals surface area (Å²) in [4.78, 5) is 38.8. The number of nitrogens with one attached hydrogen (secondary N) is 1. The molecule has 6 nitrogen and oxygen atoms in total. The molecule has 3 aromatic carbocycles. The Morgan fingerprint density at radius 1 is 1.03 bits per heavy atom. The van der Waals surface area contributed by atoms with E-state index in [9.17, 15) is 14.4 Å². The van der Waals surface area contributed by atoms with Gasteiger partial charge in [0.05, 0.1) is 11.4 Å². The Labute approximate surface area is 216 Å². The molecule has 4 rings (SSSR count). The van der Waals surface area contributed by atoms with Gasteiger partial charge in [0, 0.05) is 15.7 Å². The van der Waals surface area contributed by atoms with Gasteiger partial charge in [-0.3, -0.25) is 19.3 Å². The number of amides is 3. The number of nitrogens with zero attached hydrogens (tertiary/aromatic N) is 1. The zero-order valence-electron chi connectivity index (χ0n) is 18.6. The molecule has 1 saturated heterocycles. The monoisotopic (exact) mass is 526 g/mol. The summed E-state index contributed by atoms with van der Waals surface area (Å²) in [6, 6.07) is 19.3. The third kappa shape index (κ3) is 6.45. The van der Waals surface area contributed by atoms with Crippen LogP contribution in [0.15, 0.2) is 71.6 Å². The smallest absolute Gasteiger partial charge is 0.293 e. The fourth-order valence-corrected chi connectivity index (χ4v) is 4.56. The van der Waals surface area contributed by atoms with E-state index in [0.717, 1.165) is 27.8 Å². The highest BCUT2D eigenvalue weighted by Crippen LogP contribution is 2.34. The summed E-state index contributed by atoms with van der Waals surface area (Å²) in [6.07, 6.45) is 1.64. The van der Waals surface area contributed by atoms with E-state index >= 15 is 0 Å². The molecule has 0 aliphatic carbocycles. The lowest BCUT2D eigenvalue weighted by molar-refractivity contribution is -0.123. The summed E-state index contributed by atoms with van der Waals surface area (Å²) in [7, 11) is 0. The lowest BCUT2D eigenvalue weighted by atomic mass is 10.2. The van der Waals surface area contributed by atoms with E-state index in [1.807, 2.05) is 31.2 Å². The molecule has 9 heteroatoms. The molecule has 3 amide bonds. The standard InChI is InChI=1S/C26H20Cl2N2O4S/c1-16-2-8-20(9-3-16)29-24(31)15-34-21-10-4-17(5-11-21)12-23-25(32)30(26(33)35-23)14-18-6-7-19(27)13-22(18)28/h2-13H,14-15H2,1H3,(H,29,31)/b23-12-. The molecule has 0 saturated carbocycles. The number of anilines is 1. The Kier molecular flexibility index (Phi) is 7.80. The highest BCUT2D eigenvalue weighted by molar-refractivity contribution is 8.18. The quantitative estimate of drug-likeness (QED) is 0.353. The van der Waals surface area contributed by atoms with Crippen LogP contribution in [0.3, 0.4) is 0 Å². The van der Waals surface area contributed by atoms with Gasteiger partial charge in [-0.1, -0.05) is 59.1 Å². The first-order chi connectivity index (χ1) is 16.8. The van der Waals surface area contributed by atoms with Crippen molar-refractivity contribution >= 4 is 63.8 Å². The second-order valence-electron chi connectivity index (χ2n) is 7.78. The first-order valence-electron chi connectivity index (χ1n) is 10.6. The van der Waals surface area contributed by atoms with E-state index in [1.54, 1.807) is 48.5 Å². The van der Waals surface area contributed by atoms with E-state index < -0.39 is 0 Å². The molecular weight excluding hydrogens is 507 g/mol. The van der Waals surface area contributed by atoms with Gasteiger partial charge >= 0.3 is 0 Å². The highest BCUT2D eigenvalue weighted by atomic mass is 35.5. The van der Waals surface area contributed by atoms with Gasteiger partial charge < -0.3 is 10.1 Å². The Morgan fingerprint density at radius 3 is 2.43 bits per heavy atom. The van der Waals surface area contributed by atoms with Crippen LogP contribution in [0.4, 0.5) is 10.5 Å². The number of carbonyl (C=O) groups excluding carboxylic acids is 3. The predicted octanol–water partition coefficient (Wildman–Crippen LogP) is 6.56. The van der Waals surface area contributed by atoms with Crippen molar-refractivity contribution in [2.45, 2.75) is 13.5 Å². The minimum Gasteiger partial charge on any atom is -0.484 e. The molecule has 0 unspecified atom stereocenters. The molecular formula is C26H20Cl2N2O4S. The summed E-state index contributed by atoms with van der Waals surface area (Å²) >= 11 is 13.0. The molecule has 0 spiro atoms. The van der Waals surface area contributed by atoms with Gasteiger partial charge in [0.25, 0.3) is 17.1 Å². The van der Waals surface area contributed by atoms with E-state index in [1.165, 1.54) is 0 Å². The number of benzene rings is 3. The first-order valence-corrected chi connectivity index (χ1v) is 12.1. The van der Waals surface area contributed by atoms with Crippen molar-refractivity contribution in [2.24, 2.45) is 0 Å². The third-order valence-electron chi connectivity index (χ3n) is 5.10. The molecule has 0 bridgehead atoms. The zero-order chi connectivity index (χ0) is 24.9. The van der Waals surface area contributed by atoms with Gasteiger partial charge in [-0.2, -0.15) is 0 Å². The average Bonchev–Trinajstić information content (AvgIpc) is 3.09. The second-order valence-corrected chi connectivity index (χ2v) is 9.61. The number of aryl methyl sites for hydroxylation is 1. The minimum atomic E-state index is -0.390. The second kappa shape index (κ2) is 11.0. The van der Waals surface area contributed by atoms with Crippen molar-refractivity contribution in [1.29, 1.82) is 0 Å². The molecule has 1 heterocycles. The maximum absolute atomic E-state index is 12.8. The third-order valence-corrected chi connectivity index (χ3v) is 6.59. The zero-order valence-corrected chi connectivity index (χ0v) is 20.9. The Bertz CT molecular complexity index is 1310. The van der Waals surface area contributed by atoms with Gasteiger partial charge in [0.1, 0.15) is 5.75 Å². The summed E-state index contributed by atoms with van der Waals surface area (Å²) in [5.41, 5.74) is 3.16. The number of halogens is 2. The van der Waals surface area contributed by atoms with Crippen molar-refractivity contribution in [3.8, 4) is 5.75 Å². The van der Waals surface area contributed by atoms with Gasteiger partial charge in [-0.05, 0) is 72.3 Å². The molecule has 178 valence electrons. The van der Waals surface area contributed by atoms with Gasteiger partial charge in [-0.25, -0.2) is 0 Å². The van der Waals surface area contributed by atoms with E-state index in [4.69, 9.17) is 27.9 Å². The van der Waals surface area contributed by atoms with E-state index in [-0.39, 0.29) is 30.2 Å². The van der Waals surface area contributed by atoms with Crippen LogP contribution in [0, 0.1) is 6.92 Å². The van der Waals surface area contributed by atoms with Crippen LogP contribution in [-0.4, -0.2) is 28.6 Å². The Hall–Kier alpha value is -3.26. The number of thioether (sulfide) groups is 1. The summed E-state index contributed by atoms with van der Waals surface area (Å²) in [5, 5.41) is 3.27. The number of hydrogen-bond donors (Lipinski definition) is 1. The first kappa shape index (κ1) is 24.9. The molecule has 1 aliphatic rings. The number of carbonyl (C=O) groups is 3. The summed E-state index contributed by atoms with van der Waals surface area (Å²) in [6.45, 7) is 1.90. The van der Waals surface area contributed by atoms with Gasteiger partial charge in [0.2, 0.25) is 0 Å². The van der Waals surface area contributed by atoms with Crippen LogP contribution in [0.1, 0.15) is 16.7 Å². The molecule has 0 atom stereocenters. The highest BCUT2D eigenvalue weighted by Gasteiger charge is 2.35. The SMILES string of the molecule is Cc1ccc(NC(=O)COc2ccc(/C=C3\SC(=O)N(Cc4ccc(Cl)cc4Cl)C3=O)cc2)cc1. The van der Waals surface area contributed by atoms with Crippen LogP contribution >= 0.6 is 35.0 Å². The molecule has 1 N–H and O–H groups in total. The van der Waals surface area contributed by atoms with Crippen LogP contribution < -0.4 is 10.1 Å². The van der Waals surface area contributed by atoms with Crippen LogP contribution in [0.5, 0.6) is 5.75 Å². The molecule has 1 aliphatic heterocycles. The van der Waals surface area contributed by atoms with E-state index in [0.29, 0.717) is 32.0 Å². The lowest BCUT2D eigenvalue weighted by Gasteiger charge is -2.13. The molecule has 3 aromatic rings. The van der Waals surface area contributed by atoms with Crippen LogP contribution in [0.2, 0.25) is 10.0 Å². The lowest BCUT2D eigenvalue weighted by Crippen LogP contribution is -2.27. The fraction of sp³-hybridized carbons (Fsp3) is 0.115. The molecule has 35 heavy (non-hydrogen) atoms. The van der Waals surface area contributed by atoms with Crippen molar-refractivity contribution in [1.82, 2.24) is 4.90 Å². The number of rotatable bonds is 7. The van der Waals surface area contributed by atoms with Crippen LogP contribution in [0.25, 0.3) is 6.08 Å². The predicted molar refractivity (Wildman–Crippen MR) is 140 cm³/mol. The van der Waals surface area contributed by atoms with Gasteiger partial charge in [-0.15, -0.1) is 0 Å². The minimum absolute atomic E-state index is 0.0649. The van der Waals surface area contributed by atoms with Crippen molar-refractivity contribution in [3.05, 3.63) is 98.4 Å². The average molecular weight is 527 g/mol. The number of imide groups is 1. The van der Waals surface area contributed by atoms with Crippen LogP contribution in [-0.2, 0) is 16.1 Å². The van der Waals surface area contributed by atoms with Crippen molar-refractivity contribution in [3.63, 3.8) is 0 Å². The normalized spacial score (nSPS) is 14.5. The largest absolute Gasteiger partial charge is 0.484 e. The molecule has 1 fully saturated rings. The van der Waals surface area contributed by atoms with E-state index in [2.05, 4.69) is 5.32 Å². The maximum atomic E-state index is 12.8. The topological polar surface area (TPSA) is 75.7 Å². The van der Waals surface area contributed by atoms with Crippen molar-refractivity contribution in [2.75, 3.05) is 11.9 Å². The molecule has 0 aromatic heterocycles. The Balaban J connectivity index is 1.34. The number of hydrogen-bond acceptors (Lipinski definition) is 5. The molecule has 0 radical (unpaired) electrons. The summed E-state index contributed by atoms with van der Waals surface area (Å²) < 4.78 is 5.54. The Morgan fingerprint density at radius 2 is 1.74 bits per heavy atom. The maximum Gasteiger partial charge on any atom is 0.293 e. The van der Waals surface area contributed by atoms with Gasteiger partial charge in [0.15, 0.2) is 6.61 Å².